The van der Waals surface area contributed by atoms with Crippen LogP contribution in [0.2, 0.25) is 5.02 Å². The smallest absolute Gasteiger partial charge is 0.0659 e. The van der Waals surface area contributed by atoms with Crippen LogP contribution in [0.25, 0.3) is 0 Å². The van der Waals surface area contributed by atoms with Gasteiger partial charge in [0, 0.05) is 25.8 Å². The molecule has 14 heavy (non-hydrogen) atoms. The first-order chi connectivity index (χ1) is 6.50. The van der Waals surface area contributed by atoms with E-state index in [1.807, 2.05) is 37.2 Å². The van der Waals surface area contributed by atoms with E-state index in [0.717, 1.165) is 16.4 Å². The van der Waals surface area contributed by atoms with Gasteiger partial charge < -0.3 is 10.2 Å². The third-order valence-corrected chi connectivity index (χ3v) is 2.19. The highest BCUT2D eigenvalue weighted by atomic mass is 35.5. The molecule has 3 heteroatoms. The fourth-order valence-electron chi connectivity index (χ4n) is 1.29. The molecule has 0 bridgehead atoms. The first kappa shape index (κ1) is 11.2. The monoisotopic (exact) mass is 212 g/mol. The number of nitrogens with one attached hydrogen (secondary N) is 1. The minimum atomic E-state index is 0.427. The van der Waals surface area contributed by atoms with Gasteiger partial charge in [-0.25, -0.2) is 0 Å². The zero-order chi connectivity index (χ0) is 10.7. The van der Waals surface area contributed by atoms with Crippen LogP contribution in [0.4, 0.5) is 11.4 Å². The molecule has 0 amide bonds. The van der Waals surface area contributed by atoms with Gasteiger partial charge in [0.1, 0.15) is 0 Å². The maximum absolute atomic E-state index is 6.13. The topological polar surface area (TPSA) is 15.3 Å². The second kappa shape index (κ2) is 4.56. The summed E-state index contributed by atoms with van der Waals surface area (Å²) in [7, 11) is 3.97. The molecule has 0 saturated heterocycles. The van der Waals surface area contributed by atoms with Crippen molar-refractivity contribution >= 4 is 23.0 Å². The van der Waals surface area contributed by atoms with Gasteiger partial charge in [-0.2, -0.15) is 0 Å². The SMILES string of the molecule is CC(C)Nc1ccc(N(C)C)c(Cl)c1. The average Bonchev–Trinajstić information content (AvgIpc) is 2.01. The van der Waals surface area contributed by atoms with Crippen LogP contribution in [0.5, 0.6) is 0 Å². The molecular formula is C11H17ClN2. The molecule has 0 radical (unpaired) electrons. The Hall–Kier alpha value is -0.890. The van der Waals surface area contributed by atoms with E-state index in [0.29, 0.717) is 6.04 Å². The molecule has 1 N–H and O–H groups in total. The van der Waals surface area contributed by atoms with E-state index in [-0.39, 0.29) is 0 Å². The van der Waals surface area contributed by atoms with Gasteiger partial charge in [-0.3, -0.25) is 0 Å². The minimum Gasteiger partial charge on any atom is -0.383 e. The normalized spacial score (nSPS) is 10.4. The summed E-state index contributed by atoms with van der Waals surface area (Å²) in [4.78, 5) is 2.00. The minimum absolute atomic E-state index is 0.427. The van der Waals surface area contributed by atoms with Crippen molar-refractivity contribution in [2.45, 2.75) is 19.9 Å². The lowest BCUT2D eigenvalue weighted by Gasteiger charge is -2.16. The van der Waals surface area contributed by atoms with E-state index in [1.54, 1.807) is 0 Å². The number of nitrogens with zero attached hydrogens (tertiary/aromatic N) is 1. The molecule has 0 aliphatic heterocycles. The number of hydrogen-bond donors (Lipinski definition) is 1. The quantitative estimate of drug-likeness (QED) is 0.828. The second-order valence-electron chi connectivity index (χ2n) is 3.86. The molecule has 1 rings (SSSR count). The van der Waals surface area contributed by atoms with Gasteiger partial charge >= 0.3 is 0 Å². The van der Waals surface area contributed by atoms with E-state index in [1.165, 1.54) is 0 Å². The van der Waals surface area contributed by atoms with Crippen molar-refractivity contribution in [1.29, 1.82) is 0 Å². The van der Waals surface area contributed by atoms with Crippen LogP contribution in [0.15, 0.2) is 18.2 Å². The summed E-state index contributed by atoms with van der Waals surface area (Å²) >= 11 is 6.13. The van der Waals surface area contributed by atoms with Gasteiger partial charge in [0.2, 0.25) is 0 Å². The van der Waals surface area contributed by atoms with E-state index >= 15 is 0 Å². The Labute approximate surface area is 90.9 Å². The van der Waals surface area contributed by atoms with Gasteiger partial charge in [0.15, 0.2) is 0 Å². The molecule has 0 aliphatic rings. The number of hydrogen-bond acceptors (Lipinski definition) is 2. The fraction of sp³-hybridized carbons (Fsp3) is 0.455. The zero-order valence-electron chi connectivity index (χ0n) is 9.13. The van der Waals surface area contributed by atoms with Gasteiger partial charge in [-0.15, -0.1) is 0 Å². The standard InChI is InChI=1S/C11H17ClN2/c1-8(2)13-9-5-6-11(14(3)4)10(12)7-9/h5-8,13H,1-4H3. The summed E-state index contributed by atoms with van der Waals surface area (Å²) in [5.41, 5.74) is 2.11. The maximum Gasteiger partial charge on any atom is 0.0659 e. The van der Waals surface area contributed by atoms with Crippen LogP contribution in [0.3, 0.4) is 0 Å². The molecule has 2 nitrogen and oxygen atoms in total. The van der Waals surface area contributed by atoms with Crippen LogP contribution in [0, 0.1) is 0 Å². The van der Waals surface area contributed by atoms with Crippen LogP contribution in [-0.4, -0.2) is 20.1 Å². The third kappa shape index (κ3) is 2.81. The van der Waals surface area contributed by atoms with Crippen molar-refractivity contribution < 1.29 is 0 Å². The van der Waals surface area contributed by atoms with Crippen molar-refractivity contribution in [1.82, 2.24) is 0 Å². The molecule has 0 unspecified atom stereocenters. The molecule has 0 aromatic heterocycles. The van der Waals surface area contributed by atoms with E-state index < -0.39 is 0 Å². The van der Waals surface area contributed by atoms with Crippen molar-refractivity contribution in [2.75, 3.05) is 24.3 Å². The molecule has 1 aromatic rings. The Balaban J connectivity index is 2.89. The predicted octanol–water partition coefficient (Wildman–Crippen LogP) is 3.23. The first-order valence-electron chi connectivity index (χ1n) is 4.74. The van der Waals surface area contributed by atoms with E-state index in [4.69, 9.17) is 11.6 Å². The Kier molecular flexibility index (Phi) is 3.64. The van der Waals surface area contributed by atoms with Gasteiger partial charge in [0.25, 0.3) is 0 Å². The largest absolute Gasteiger partial charge is 0.383 e. The molecule has 0 saturated carbocycles. The third-order valence-electron chi connectivity index (χ3n) is 1.88. The lowest BCUT2D eigenvalue weighted by Crippen LogP contribution is -2.11. The summed E-state index contributed by atoms with van der Waals surface area (Å²) in [5.74, 6) is 0. The highest BCUT2D eigenvalue weighted by Crippen LogP contribution is 2.27. The van der Waals surface area contributed by atoms with Crippen LogP contribution < -0.4 is 10.2 Å². The lowest BCUT2D eigenvalue weighted by atomic mass is 10.2. The van der Waals surface area contributed by atoms with Crippen molar-refractivity contribution in [2.24, 2.45) is 0 Å². The van der Waals surface area contributed by atoms with E-state index in [2.05, 4.69) is 19.2 Å². The molecule has 1 aromatic carbocycles. The molecule has 0 fully saturated rings. The van der Waals surface area contributed by atoms with Crippen molar-refractivity contribution in [3.63, 3.8) is 0 Å². The van der Waals surface area contributed by atoms with Crippen molar-refractivity contribution in [3.8, 4) is 0 Å². The van der Waals surface area contributed by atoms with Gasteiger partial charge in [-0.1, -0.05) is 11.6 Å². The van der Waals surface area contributed by atoms with Gasteiger partial charge in [-0.05, 0) is 32.0 Å². The Morgan fingerprint density at radius 3 is 2.36 bits per heavy atom. The molecule has 0 spiro atoms. The Morgan fingerprint density at radius 1 is 1.29 bits per heavy atom. The average molecular weight is 213 g/mol. The first-order valence-corrected chi connectivity index (χ1v) is 5.12. The van der Waals surface area contributed by atoms with Crippen LogP contribution in [-0.2, 0) is 0 Å². The lowest BCUT2D eigenvalue weighted by molar-refractivity contribution is 0.899. The summed E-state index contributed by atoms with van der Waals surface area (Å²) in [5, 5.41) is 4.09. The van der Waals surface area contributed by atoms with Crippen LogP contribution in [0.1, 0.15) is 13.8 Å². The molecule has 0 atom stereocenters. The molecule has 78 valence electrons. The number of benzene rings is 1. The molecule has 0 aliphatic carbocycles. The highest BCUT2D eigenvalue weighted by molar-refractivity contribution is 6.33. The predicted molar refractivity (Wildman–Crippen MR) is 64.5 cm³/mol. The summed E-state index contributed by atoms with van der Waals surface area (Å²) in [6.07, 6.45) is 0. The second-order valence-corrected chi connectivity index (χ2v) is 4.27. The summed E-state index contributed by atoms with van der Waals surface area (Å²) in [6, 6.07) is 6.45. The van der Waals surface area contributed by atoms with Crippen LogP contribution >= 0.6 is 11.6 Å². The number of halogens is 1. The van der Waals surface area contributed by atoms with E-state index in [9.17, 15) is 0 Å². The number of anilines is 2. The highest BCUT2D eigenvalue weighted by Gasteiger charge is 2.03. The molecular weight excluding hydrogens is 196 g/mol. The summed E-state index contributed by atoms with van der Waals surface area (Å²) in [6.45, 7) is 4.21. The Bertz CT molecular complexity index is 308. The zero-order valence-corrected chi connectivity index (χ0v) is 9.89. The maximum atomic E-state index is 6.13. The van der Waals surface area contributed by atoms with Gasteiger partial charge in [0.05, 0.1) is 10.7 Å². The molecule has 0 heterocycles. The summed E-state index contributed by atoms with van der Waals surface area (Å²) < 4.78 is 0. The van der Waals surface area contributed by atoms with Crippen molar-refractivity contribution in [3.05, 3.63) is 23.2 Å². The number of rotatable bonds is 3. The Morgan fingerprint density at radius 2 is 1.93 bits per heavy atom. The fourth-order valence-corrected chi connectivity index (χ4v) is 1.64.